The molecule has 162 valence electrons. The van der Waals surface area contributed by atoms with E-state index in [1.165, 1.54) is 13.2 Å². The van der Waals surface area contributed by atoms with Crippen LogP contribution in [0.4, 0.5) is 10.1 Å². The fourth-order valence-electron chi connectivity index (χ4n) is 2.92. The fourth-order valence-corrected chi connectivity index (χ4v) is 3.35. The molecular weight excluding hydrogens is 475 g/mol. The highest BCUT2D eigenvalue weighted by atomic mass is 79.9. The predicted octanol–water partition coefficient (Wildman–Crippen LogP) is 5.99. The lowest BCUT2D eigenvalue weighted by Gasteiger charge is -2.13. The van der Waals surface area contributed by atoms with Crippen molar-refractivity contribution in [3.05, 3.63) is 87.6 Å². The minimum Gasteiger partial charge on any atom is -0.493 e. The molecule has 5 nitrogen and oxygen atoms in total. The second-order valence-electron chi connectivity index (χ2n) is 6.88. The van der Waals surface area contributed by atoms with Crippen molar-refractivity contribution in [2.45, 2.75) is 6.92 Å². The maximum absolute atomic E-state index is 14.1. The zero-order valence-corrected chi connectivity index (χ0v) is 19.1. The highest BCUT2D eigenvalue weighted by molar-refractivity contribution is 9.10. The molecule has 0 fully saturated rings. The number of nitriles is 1. The molecule has 0 heterocycles. The van der Waals surface area contributed by atoms with Gasteiger partial charge in [0.15, 0.2) is 18.1 Å². The summed E-state index contributed by atoms with van der Waals surface area (Å²) in [7, 11) is 1.47. The van der Waals surface area contributed by atoms with Gasteiger partial charge in [-0.05, 0) is 48.9 Å². The Morgan fingerprint density at radius 2 is 1.88 bits per heavy atom. The summed E-state index contributed by atoms with van der Waals surface area (Å²) in [5, 5.41) is 12.3. The molecule has 0 saturated heterocycles. The molecule has 3 rings (SSSR count). The summed E-state index contributed by atoms with van der Waals surface area (Å²) in [4.78, 5) is 12.2. The number of hydrogen-bond acceptors (Lipinski definition) is 4. The van der Waals surface area contributed by atoms with Crippen molar-refractivity contribution in [1.82, 2.24) is 0 Å². The van der Waals surface area contributed by atoms with E-state index < -0.39 is 5.82 Å². The van der Waals surface area contributed by atoms with Gasteiger partial charge >= 0.3 is 0 Å². The third-order valence-electron chi connectivity index (χ3n) is 4.56. The molecule has 3 aromatic carbocycles. The van der Waals surface area contributed by atoms with Gasteiger partial charge in [-0.25, -0.2) is 4.39 Å². The maximum Gasteiger partial charge on any atom is 0.262 e. The molecule has 32 heavy (non-hydrogen) atoms. The maximum atomic E-state index is 14.1. The van der Waals surface area contributed by atoms with Crippen LogP contribution < -0.4 is 14.8 Å². The first kappa shape index (κ1) is 23.0. The number of carbonyl (C=O) groups is 1. The van der Waals surface area contributed by atoms with Crippen LogP contribution in [0.3, 0.4) is 0 Å². The van der Waals surface area contributed by atoms with Crippen molar-refractivity contribution in [1.29, 1.82) is 5.26 Å². The predicted molar refractivity (Wildman–Crippen MR) is 126 cm³/mol. The Bertz CT molecular complexity index is 1200. The number of carbonyl (C=O) groups excluding carboxylic acids is 1. The Kier molecular flexibility index (Phi) is 7.63. The Morgan fingerprint density at radius 1 is 1.16 bits per heavy atom. The molecule has 0 bridgehead atoms. The number of benzene rings is 3. The van der Waals surface area contributed by atoms with E-state index in [-0.39, 0.29) is 23.7 Å². The summed E-state index contributed by atoms with van der Waals surface area (Å²) in [6, 6.07) is 18.8. The van der Waals surface area contributed by atoms with E-state index >= 15 is 0 Å². The van der Waals surface area contributed by atoms with E-state index in [0.717, 1.165) is 5.56 Å². The van der Waals surface area contributed by atoms with Crippen LogP contribution in [0.1, 0.15) is 16.7 Å². The lowest BCUT2D eigenvalue weighted by atomic mass is 10.0. The molecule has 0 aliphatic rings. The van der Waals surface area contributed by atoms with Crippen molar-refractivity contribution in [2.75, 3.05) is 19.0 Å². The number of nitrogens with one attached hydrogen (secondary N) is 1. The van der Waals surface area contributed by atoms with Crippen molar-refractivity contribution < 1.29 is 18.7 Å². The van der Waals surface area contributed by atoms with Crippen LogP contribution in [-0.4, -0.2) is 19.6 Å². The second-order valence-corrected chi connectivity index (χ2v) is 7.73. The minimum absolute atomic E-state index is 0.164. The van der Waals surface area contributed by atoms with Crippen LogP contribution >= 0.6 is 15.9 Å². The Labute approximate surface area is 194 Å². The molecule has 0 aliphatic heterocycles. The van der Waals surface area contributed by atoms with Gasteiger partial charge < -0.3 is 14.8 Å². The largest absolute Gasteiger partial charge is 0.493 e. The van der Waals surface area contributed by atoms with Crippen LogP contribution in [0.5, 0.6) is 11.5 Å². The molecule has 0 saturated carbocycles. The molecule has 0 atom stereocenters. The number of methoxy groups -OCH3 is 1. The monoisotopic (exact) mass is 494 g/mol. The van der Waals surface area contributed by atoms with Crippen LogP contribution in [0.2, 0.25) is 0 Å². The van der Waals surface area contributed by atoms with Gasteiger partial charge in [0.1, 0.15) is 5.82 Å². The Balaban J connectivity index is 1.79. The average Bonchev–Trinajstić information content (AvgIpc) is 2.79. The Hall–Kier alpha value is -3.63. The lowest BCUT2D eigenvalue weighted by Crippen LogP contribution is -2.20. The van der Waals surface area contributed by atoms with Crippen molar-refractivity contribution in [2.24, 2.45) is 0 Å². The van der Waals surface area contributed by atoms with Crippen LogP contribution in [0.25, 0.3) is 11.6 Å². The van der Waals surface area contributed by atoms with E-state index in [9.17, 15) is 14.4 Å². The number of nitrogens with zero attached hydrogens (tertiary/aromatic N) is 1. The Morgan fingerprint density at radius 3 is 2.53 bits per heavy atom. The van der Waals surface area contributed by atoms with E-state index in [0.29, 0.717) is 27.2 Å². The fraction of sp³-hybridized carbons (Fsp3) is 0.120. The highest BCUT2D eigenvalue weighted by Gasteiger charge is 2.14. The number of hydrogen-bond donors (Lipinski definition) is 1. The number of ether oxygens (including phenoxy) is 2. The minimum atomic E-state index is -0.483. The first-order chi connectivity index (χ1) is 15.4. The molecule has 0 aliphatic carbocycles. The third-order valence-corrected chi connectivity index (χ3v) is 5.25. The van der Waals surface area contributed by atoms with Crippen LogP contribution in [0, 0.1) is 24.1 Å². The van der Waals surface area contributed by atoms with Gasteiger partial charge in [0.05, 0.1) is 18.8 Å². The first-order valence-corrected chi connectivity index (χ1v) is 10.4. The molecular formula is C25H20BrFN2O3. The number of anilines is 1. The summed E-state index contributed by atoms with van der Waals surface area (Å²) in [6.07, 6.45) is 1.55. The number of rotatable bonds is 7. The first-order valence-electron chi connectivity index (χ1n) is 9.65. The van der Waals surface area contributed by atoms with E-state index in [1.54, 1.807) is 36.4 Å². The third kappa shape index (κ3) is 5.74. The molecule has 7 heteroatoms. The molecule has 0 radical (unpaired) electrons. The molecule has 0 aromatic heterocycles. The molecule has 1 N–H and O–H groups in total. The smallest absolute Gasteiger partial charge is 0.262 e. The van der Waals surface area contributed by atoms with Gasteiger partial charge in [-0.15, -0.1) is 0 Å². The van der Waals surface area contributed by atoms with Crippen LogP contribution in [0.15, 0.2) is 65.1 Å². The van der Waals surface area contributed by atoms with Crippen molar-refractivity contribution in [3.63, 3.8) is 0 Å². The SMILES string of the molecule is COc1cc(/C=C(/C#N)c2ccccc2F)c(Br)cc1OCC(=O)Nc1ccc(C)cc1. The number of aryl methyl sites for hydroxylation is 1. The summed E-state index contributed by atoms with van der Waals surface area (Å²) >= 11 is 3.44. The summed E-state index contributed by atoms with van der Waals surface area (Å²) in [6.45, 7) is 1.75. The lowest BCUT2D eigenvalue weighted by molar-refractivity contribution is -0.118. The van der Waals surface area contributed by atoms with Gasteiger partial charge in [-0.2, -0.15) is 5.26 Å². The standard InChI is InChI=1S/C25H20BrFN2O3/c1-16-7-9-19(10-8-16)29-25(30)15-32-24-13-21(26)17(12-23(24)31-2)11-18(14-28)20-5-3-4-6-22(20)27/h3-13H,15H2,1-2H3,(H,29,30)/b18-11-. The molecule has 3 aromatic rings. The van der Waals surface area contributed by atoms with Crippen LogP contribution in [-0.2, 0) is 4.79 Å². The average molecular weight is 495 g/mol. The molecule has 0 spiro atoms. The van der Waals surface area contributed by atoms with Gasteiger partial charge in [0, 0.05) is 15.7 Å². The van der Waals surface area contributed by atoms with E-state index in [1.807, 2.05) is 37.3 Å². The number of amides is 1. The molecule has 0 unspecified atom stereocenters. The number of allylic oxidation sites excluding steroid dienone is 1. The second kappa shape index (κ2) is 10.6. The van der Waals surface area contributed by atoms with Crippen molar-refractivity contribution in [3.8, 4) is 17.6 Å². The van der Waals surface area contributed by atoms with Gasteiger partial charge in [-0.3, -0.25) is 4.79 Å². The van der Waals surface area contributed by atoms with Gasteiger partial charge in [0.2, 0.25) is 0 Å². The van der Waals surface area contributed by atoms with Crippen molar-refractivity contribution >= 4 is 39.2 Å². The number of halogens is 2. The highest BCUT2D eigenvalue weighted by Crippen LogP contribution is 2.35. The zero-order valence-electron chi connectivity index (χ0n) is 17.5. The summed E-state index contributed by atoms with van der Waals surface area (Å²) < 4.78 is 25.7. The summed E-state index contributed by atoms with van der Waals surface area (Å²) in [5.74, 6) is -0.0846. The normalized spacial score (nSPS) is 10.9. The van der Waals surface area contributed by atoms with Gasteiger partial charge in [0.25, 0.3) is 5.91 Å². The topological polar surface area (TPSA) is 71.3 Å². The van der Waals surface area contributed by atoms with Gasteiger partial charge in [-0.1, -0.05) is 51.8 Å². The summed E-state index contributed by atoms with van der Waals surface area (Å²) in [5.41, 5.74) is 2.73. The quantitative estimate of drug-likeness (QED) is 0.323. The van der Waals surface area contributed by atoms with E-state index in [2.05, 4.69) is 21.2 Å². The molecule has 1 amide bonds. The zero-order chi connectivity index (χ0) is 23.1. The van der Waals surface area contributed by atoms with E-state index in [4.69, 9.17) is 9.47 Å².